The second-order valence-electron chi connectivity index (χ2n) is 9.99. The second-order valence-corrected chi connectivity index (χ2v) is 9.99. The molecule has 0 spiro atoms. The van der Waals surface area contributed by atoms with Gasteiger partial charge in [0.25, 0.3) is 0 Å². The zero-order chi connectivity index (χ0) is 33.5. The van der Waals surface area contributed by atoms with Crippen LogP contribution in [0.5, 0.6) is 17.2 Å². The summed E-state index contributed by atoms with van der Waals surface area (Å²) in [5, 5.41) is 22.9. The first-order valence-corrected chi connectivity index (χ1v) is 13.5. The lowest BCUT2D eigenvalue weighted by Gasteiger charge is -2.46. The van der Waals surface area contributed by atoms with Crippen molar-refractivity contribution in [3.05, 3.63) is 35.4 Å². The summed E-state index contributed by atoms with van der Waals surface area (Å²) in [7, 11) is 4.19. The number of carboxylic acid groups (broad SMARTS) is 1. The Labute approximate surface area is 258 Å². The van der Waals surface area contributed by atoms with Crippen molar-refractivity contribution >= 4 is 40.2 Å². The van der Waals surface area contributed by atoms with Crippen molar-refractivity contribution in [2.45, 2.75) is 51.6 Å². The summed E-state index contributed by atoms with van der Waals surface area (Å²) in [5.41, 5.74) is -3.46. The zero-order valence-electron chi connectivity index (χ0n) is 25.9. The van der Waals surface area contributed by atoms with Crippen molar-refractivity contribution in [2.75, 3.05) is 41.7 Å². The van der Waals surface area contributed by atoms with Crippen molar-refractivity contribution in [1.29, 1.82) is 0 Å². The third-order valence-corrected chi connectivity index (χ3v) is 6.63. The first-order valence-electron chi connectivity index (χ1n) is 13.5. The molecule has 0 heterocycles. The van der Waals surface area contributed by atoms with Gasteiger partial charge in [0.1, 0.15) is 22.8 Å². The molecule has 2 aromatic carbocycles. The fourth-order valence-electron chi connectivity index (χ4n) is 5.06. The van der Waals surface area contributed by atoms with Crippen molar-refractivity contribution in [1.82, 2.24) is 0 Å². The van der Waals surface area contributed by atoms with Gasteiger partial charge in [0.15, 0.2) is 38.7 Å². The van der Waals surface area contributed by atoms with Gasteiger partial charge in [-0.2, -0.15) is 0 Å². The first-order chi connectivity index (χ1) is 21.3. The maximum absolute atomic E-state index is 13.0. The Balaban J connectivity index is 2.61. The van der Waals surface area contributed by atoms with Crippen LogP contribution in [-0.2, 0) is 47.6 Å². The molecule has 0 unspecified atom stereocenters. The van der Waals surface area contributed by atoms with Gasteiger partial charge in [-0.25, -0.2) is 4.79 Å². The maximum atomic E-state index is 13.0. The minimum atomic E-state index is -2.41. The average molecular weight is 637 g/mol. The Kier molecular flexibility index (Phi) is 11.7. The predicted molar refractivity (Wildman–Crippen MR) is 153 cm³/mol. The monoisotopic (exact) mass is 636 g/mol. The number of carboxylic acids is 1. The Morgan fingerprint density at radius 2 is 1.36 bits per heavy atom. The molecule has 0 aromatic heterocycles. The Morgan fingerprint density at radius 1 is 0.800 bits per heavy atom. The molecular weight excluding hydrogens is 600 g/mol. The molecule has 3 rings (SSSR count). The van der Waals surface area contributed by atoms with Crippen LogP contribution in [0.3, 0.4) is 0 Å². The van der Waals surface area contributed by atoms with Crippen molar-refractivity contribution in [3.8, 4) is 17.2 Å². The molecule has 0 radical (unpaired) electrons. The molecule has 246 valence electrons. The van der Waals surface area contributed by atoms with Gasteiger partial charge in [0.2, 0.25) is 0 Å². The van der Waals surface area contributed by atoms with Crippen LogP contribution in [0, 0.1) is 0 Å². The van der Waals surface area contributed by atoms with Crippen LogP contribution >= 0.6 is 0 Å². The molecule has 4 atom stereocenters. The molecule has 1 aliphatic carbocycles. The van der Waals surface area contributed by atoms with E-state index in [2.05, 4.69) is 0 Å². The number of aliphatic carboxylic acids is 1. The van der Waals surface area contributed by atoms with Crippen LogP contribution in [0.2, 0.25) is 0 Å². The highest BCUT2D eigenvalue weighted by Gasteiger charge is 2.59. The Bertz CT molecular complexity index is 1460. The summed E-state index contributed by atoms with van der Waals surface area (Å²) in [6.07, 6.45) is -5.46. The molecule has 15 nitrogen and oxygen atoms in total. The lowest BCUT2D eigenvalue weighted by molar-refractivity contribution is -0.205. The molecule has 2 N–H and O–H groups in total. The molecule has 2 aromatic rings. The minimum Gasteiger partial charge on any atom is -0.478 e. The number of esters is 3. The van der Waals surface area contributed by atoms with Gasteiger partial charge in [0.05, 0.1) is 11.0 Å². The summed E-state index contributed by atoms with van der Waals surface area (Å²) in [6.45, 7) is 3.46. The van der Waals surface area contributed by atoms with E-state index in [1.807, 2.05) is 0 Å². The molecule has 0 bridgehead atoms. The molecule has 0 saturated carbocycles. The normalized spacial score (nSPS) is 21.2. The summed E-state index contributed by atoms with van der Waals surface area (Å²) in [6, 6.07) is 6.26. The summed E-state index contributed by atoms with van der Waals surface area (Å²) in [5.74, 6) is -4.03. The molecule has 0 saturated heterocycles. The lowest BCUT2D eigenvalue weighted by Crippen LogP contribution is -2.63. The molecule has 1 aliphatic rings. The number of benzene rings is 2. The van der Waals surface area contributed by atoms with Gasteiger partial charge in [-0.1, -0.05) is 12.1 Å². The van der Waals surface area contributed by atoms with E-state index < -0.39 is 53.4 Å². The fraction of sp³-hybridized carbons (Fsp3) is 0.467. The van der Waals surface area contributed by atoms with Crippen molar-refractivity contribution in [2.24, 2.45) is 0 Å². The number of fused-ring (bicyclic) bond motifs is 1. The van der Waals surface area contributed by atoms with Crippen molar-refractivity contribution < 1.29 is 72.0 Å². The highest BCUT2D eigenvalue weighted by molar-refractivity contribution is 6.06. The van der Waals surface area contributed by atoms with Crippen LogP contribution < -0.4 is 14.2 Å². The number of hydrogen-bond acceptors (Lipinski definition) is 14. The van der Waals surface area contributed by atoms with Gasteiger partial charge in [-0.3, -0.25) is 14.4 Å². The fourth-order valence-corrected chi connectivity index (χ4v) is 5.06. The largest absolute Gasteiger partial charge is 0.478 e. The topological polar surface area (TPSA) is 192 Å². The molecular formula is C30H36O15. The molecule has 45 heavy (non-hydrogen) atoms. The van der Waals surface area contributed by atoms with E-state index in [1.54, 1.807) is 18.2 Å². The first kappa shape index (κ1) is 35.0. The summed E-state index contributed by atoms with van der Waals surface area (Å²) in [4.78, 5) is 50.0. The smallest absolute Gasteiger partial charge is 0.335 e. The number of ether oxygens (including phenoxy) is 9. The minimum absolute atomic E-state index is 0.00456. The average Bonchev–Trinajstić information content (AvgIpc) is 2.96. The van der Waals surface area contributed by atoms with E-state index in [1.165, 1.54) is 27.4 Å². The van der Waals surface area contributed by atoms with E-state index in [0.717, 1.165) is 27.7 Å². The summed E-state index contributed by atoms with van der Waals surface area (Å²) < 4.78 is 49.4. The van der Waals surface area contributed by atoms with Crippen LogP contribution in [0.25, 0.3) is 16.3 Å². The quantitative estimate of drug-likeness (QED) is 0.174. The lowest BCUT2D eigenvalue weighted by atomic mass is 9.72. The molecule has 15 heteroatoms. The molecule has 0 aliphatic heterocycles. The van der Waals surface area contributed by atoms with E-state index >= 15 is 0 Å². The number of hydrogen-bond donors (Lipinski definition) is 2. The van der Waals surface area contributed by atoms with E-state index in [0.29, 0.717) is 16.5 Å². The van der Waals surface area contributed by atoms with E-state index in [-0.39, 0.29) is 43.0 Å². The number of carbonyl (C=O) groups is 4. The van der Waals surface area contributed by atoms with Crippen LogP contribution in [0.1, 0.15) is 33.3 Å². The second kappa shape index (κ2) is 15.0. The van der Waals surface area contributed by atoms with Crippen LogP contribution in [0.15, 0.2) is 29.8 Å². The predicted octanol–water partition coefficient (Wildman–Crippen LogP) is 2.19. The van der Waals surface area contributed by atoms with Gasteiger partial charge in [-0.15, -0.1) is 0 Å². The number of aliphatic hydroxyl groups is 1. The van der Waals surface area contributed by atoms with E-state index in [9.17, 15) is 29.4 Å². The van der Waals surface area contributed by atoms with Gasteiger partial charge >= 0.3 is 23.9 Å². The highest BCUT2D eigenvalue weighted by atomic mass is 16.7. The number of carbonyl (C=O) groups excluding carboxylic acids is 3. The Morgan fingerprint density at radius 3 is 1.89 bits per heavy atom. The standard InChI is InChI=1S/C30H36O15/c1-15(31)43-26-23(24(29(34)35)27(44-16(2)32)30(4,36)28(26)45-17(3)33)19-11-21(41-13-38-6)22-18(25(19)42-14-39-7)9-8-10-20(22)40-12-37-5/h8-11,26-28,36H,12-14H2,1-7H3,(H,34,35)/t26-,27+,28+,30+/m0/s1. The third-order valence-electron chi connectivity index (χ3n) is 6.63. The van der Waals surface area contributed by atoms with E-state index in [4.69, 9.17) is 42.6 Å². The highest BCUT2D eigenvalue weighted by Crippen LogP contribution is 2.50. The maximum Gasteiger partial charge on any atom is 0.335 e. The third kappa shape index (κ3) is 7.62. The molecule has 0 amide bonds. The van der Waals surface area contributed by atoms with Gasteiger partial charge < -0.3 is 52.8 Å². The van der Waals surface area contributed by atoms with Crippen LogP contribution in [-0.4, -0.2) is 99.7 Å². The molecule has 0 fully saturated rings. The van der Waals surface area contributed by atoms with Gasteiger partial charge in [0, 0.05) is 58.6 Å². The summed E-state index contributed by atoms with van der Waals surface area (Å²) >= 11 is 0. The van der Waals surface area contributed by atoms with Crippen LogP contribution in [0.4, 0.5) is 0 Å². The SMILES string of the molecule is COCOc1c(C2=C(C(=O)O)[C@@H](OC(C)=O)[C@@](C)(O)[C@H](OC(C)=O)[C@H]2OC(C)=O)cc(OCOC)c2c(OCOC)cccc12. The zero-order valence-corrected chi connectivity index (χ0v) is 25.9. The number of rotatable bonds is 14. The Hall–Kier alpha value is -4.44. The van der Waals surface area contributed by atoms with Gasteiger partial charge in [-0.05, 0) is 19.1 Å². The van der Waals surface area contributed by atoms with Crippen molar-refractivity contribution in [3.63, 3.8) is 0 Å². The number of methoxy groups -OCH3 is 3.